The number of ether oxygens (including phenoxy) is 2. The van der Waals surface area contributed by atoms with E-state index in [1.54, 1.807) is 0 Å². The number of aromatic nitrogens is 1. The maximum absolute atomic E-state index is 5.91. The monoisotopic (exact) mass is 514 g/mol. The van der Waals surface area contributed by atoms with Crippen molar-refractivity contribution in [3.63, 3.8) is 0 Å². The van der Waals surface area contributed by atoms with Crippen LogP contribution < -0.4 is 10.6 Å². The quantitative estimate of drug-likeness (QED) is 0.206. The predicted molar refractivity (Wildman–Crippen MR) is 131 cm³/mol. The molecule has 29 heavy (non-hydrogen) atoms. The lowest BCUT2D eigenvalue weighted by atomic mass is 10.1. The molecule has 1 aromatic carbocycles. The summed E-state index contributed by atoms with van der Waals surface area (Å²) >= 11 is 0. The van der Waals surface area contributed by atoms with Gasteiger partial charge in [-0.1, -0.05) is 12.1 Å². The molecule has 1 fully saturated rings. The largest absolute Gasteiger partial charge is 0.381 e. The van der Waals surface area contributed by atoms with Gasteiger partial charge in [0.05, 0.1) is 6.10 Å². The van der Waals surface area contributed by atoms with E-state index in [9.17, 15) is 0 Å². The third kappa shape index (κ3) is 7.46. The molecule has 0 unspecified atom stereocenters. The summed E-state index contributed by atoms with van der Waals surface area (Å²) in [6, 6.07) is 6.39. The van der Waals surface area contributed by atoms with Crippen LogP contribution in [0.3, 0.4) is 0 Å². The number of hydrogen-bond acceptors (Lipinski definition) is 3. The van der Waals surface area contributed by atoms with Crippen LogP contribution in [0, 0.1) is 6.92 Å². The van der Waals surface area contributed by atoms with Crippen molar-refractivity contribution < 1.29 is 9.47 Å². The highest BCUT2D eigenvalue weighted by Crippen LogP contribution is 2.22. The molecule has 0 spiro atoms. The van der Waals surface area contributed by atoms with E-state index in [0.717, 1.165) is 71.1 Å². The number of halogens is 1. The van der Waals surface area contributed by atoms with Crippen LogP contribution in [0.4, 0.5) is 0 Å². The molecule has 2 heterocycles. The number of fused-ring (bicyclic) bond motifs is 1. The predicted octanol–water partition coefficient (Wildman–Crippen LogP) is 3.78. The molecule has 0 amide bonds. The molecule has 0 radical (unpaired) electrons. The summed E-state index contributed by atoms with van der Waals surface area (Å²) in [4.78, 5) is 8.05. The van der Waals surface area contributed by atoms with E-state index < -0.39 is 0 Å². The lowest BCUT2D eigenvalue weighted by Gasteiger charge is -2.22. The smallest absolute Gasteiger partial charge is 0.191 e. The van der Waals surface area contributed by atoms with E-state index in [1.807, 2.05) is 0 Å². The summed E-state index contributed by atoms with van der Waals surface area (Å²) in [5.41, 5.74) is 3.88. The van der Waals surface area contributed by atoms with Crippen LogP contribution in [0.1, 0.15) is 37.3 Å². The van der Waals surface area contributed by atoms with Crippen LogP contribution in [0.25, 0.3) is 10.9 Å². The first kappa shape index (κ1) is 24.0. The Morgan fingerprint density at radius 1 is 1.28 bits per heavy atom. The van der Waals surface area contributed by atoms with E-state index in [-0.39, 0.29) is 24.0 Å². The van der Waals surface area contributed by atoms with Gasteiger partial charge in [0, 0.05) is 56.6 Å². The summed E-state index contributed by atoms with van der Waals surface area (Å²) in [6.07, 6.45) is 6.42. The second-order valence-electron chi connectivity index (χ2n) is 7.28. The molecule has 1 aliphatic heterocycles. The molecule has 0 atom stereocenters. The van der Waals surface area contributed by atoms with Crippen molar-refractivity contribution >= 4 is 40.8 Å². The molecule has 0 aliphatic carbocycles. The fraction of sp³-hybridized carbons (Fsp3) is 0.591. The second kappa shape index (κ2) is 13.1. The number of aryl methyl sites for hydroxylation is 1. The SMILES string of the molecule is CCNC(=NCCCOC1CCOCC1)NCCc1c[nH]c2cccc(C)c12.I. The molecule has 7 heteroatoms. The first-order chi connectivity index (χ1) is 13.8. The van der Waals surface area contributed by atoms with Gasteiger partial charge in [-0.05, 0) is 56.7 Å². The number of aliphatic imine (C=N–C) groups is 1. The standard InChI is InChI=1S/C22H34N4O2.HI/c1-3-23-22(24-11-5-13-28-19-9-14-27-15-10-19)25-12-8-18-16-26-20-7-4-6-17(2)21(18)20;/h4,6-7,16,19,26H,3,5,8-15H2,1-2H3,(H2,23,24,25);1H. The summed E-state index contributed by atoms with van der Waals surface area (Å²) in [5.74, 6) is 0.880. The maximum atomic E-state index is 5.91. The first-order valence-electron chi connectivity index (χ1n) is 10.5. The van der Waals surface area contributed by atoms with Gasteiger partial charge in [-0.2, -0.15) is 0 Å². The van der Waals surface area contributed by atoms with Gasteiger partial charge >= 0.3 is 0 Å². The van der Waals surface area contributed by atoms with Gasteiger partial charge in [0.25, 0.3) is 0 Å². The summed E-state index contributed by atoms with van der Waals surface area (Å²) in [6.45, 7) is 9.16. The second-order valence-corrected chi connectivity index (χ2v) is 7.28. The normalized spacial score (nSPS) is 15.3. The molecule has 2 aromatic rings. The van der Waals surface area contributed by atoms with Crippen LogP contribution in [0.2, 0.25) is 0 Å². The molecule has 3 N–H and O–H groups in total. The Bertz CT molecular complexity index is 756. The number of nitrogens with one attached hydrogen (secondary N) is 3. The number of guanidine groups is 1. The summed E-state index contributed by atoms with van der Waals surface area (Å²) in [5, 5.41) is 8.12. The zero-order valence-electron chi connectivity index (χ0n) is 17.6. The molecule has 162 valence electrons. The van der Waals surface area contributed by atoms with Crippen LogP contribution in [-0.2, 0) is 15.9 Å². The van der Waals surface area contributed by atoms with Crippen LogP contribution >= 0.6 is 24.0 Å². The van der Waals surface area contributed by atoms with Crippen molar-refractivity contribution in [2.45, 2.75) is 45.6 Å². The molecule has 1 aliphatic rings. The molecule has 3 rings (SSSR count). The van der Waals surface area contributed by atoms with Gasteiger partial charge in [-0.25, -0.2) is 0 Å². The Morgan fingerprint density at radius 2 is 2.10 bits per heavy atom. The maximum Gasteiger partial charge on any atom is 0.191 e. The lowest BCUT2D eigenvalue weighted by molar-refractivity contribution is -0.0318. The molecule has 6 nitrogen and oxygen atoms in total. The Hall–Kier alpha value is -1.32. The van der Waals surface area contributed by atoms with Gasteiger partial charge in [-0.15, -0.1) is 24.0 Å². The fourth-order valence-electron chi connectivity index (χ4n) is 3.65. The van der Waals surface area contributed by atoms with Crippen molar-refractivity contribution in [2.75, 3.05) is 39.5 Å². The zero-order chi connectivity index (χ0) is 19.6. The third-order valence-electron chi connectivity index (χ3n) is 5.12. The van der Waals surface area contributed by atoms with E-state index in [1.165, 1.54) is 22.0 Å². The van der Waals surface area contributed by atoms with Crippen molar-refractivity contribution in [1.82, 2.24) is 15.6 Å². The van der Waals surface area contributed by atoms with Crippen LogP contribution in [-0.4, -0.2) is 56.5 Å². The number of hydrogen-bond donors (Lipinski definition) is 3. The van der Waals surface area contributed by atoms with Gasteiger partial charge in [-0.3, -0.25) is 4.99 Å². The van der Waals surface area contributed by atoms with Crippen molar-refractivity contribution in [3.8, 4) is 0 Å². The van der Waals surface area contributed by atoms with Crippen molar-refractivity contribution in [1.29, 1.82) is 0 Å². The zero-order valence-corrected chi connectivity index (χ0v) is 20.0. The molecule has 0 saturated carbocycles. The minimum Gasteiger partial charge on any atom is -0.381 e. The van der Waals surface area contributed by atoms with Crippen LogP contribution in [0.15, 0.2) is 29.4 Å². The minimum absolute atomic E-state index is 0. The molecule has 1 aromatic heterocycles. The fourth-order valence-corrected chi connectivity index (χ4v) is 3.65. The number of rotatable bonds is 9. The number of H-pyrrole nitrogens is 1. The van der Waals surface area contributed by atoms with Crippen LogP contribution in [0.5, 0.6) is 0 Å². The molecular formula is C22H35IN4O2. The molecule has 1 saturated heterocycles. The van der Waals surface area contributed by atoms with Gasteiger partial charge in [0.2, 0.25) is 0 Å². The Morgan fingerprint density at radius 3 is 2.90 bits per heavy atom. The molecule has 0 bridgehead atoms. The highest BCUT2D eigenvalue weighted by Gasteiger charge is 2.13. The van der Waals surface area contributed by atoms with Gasteiger partial charge in [0.15, 0.2) is 5.96 Å². The summed E-state index contributed by atoms with van der Waals surface area (Å²) in [7, 11) is 0. The average molecular weight is 514 g/mol. The van der Waals surface area contributed by atoms with Crippen molar-refractivity contribution in [2.24, 2.45) is 4.99 Å². The topological polar surface area (TPSA) is 70.7 Å². The van der Waals surface area contributed by atoms with Crippen molar-refractivity contribution in [3.05, 3.63) is 35.5 Å². The van der Waals surface area contributed by atoms with E-state index >= 15 is 0 Å². The van der Waals surface area contributed by atoms with E-state index in [4.69, 9.17) is 9.47 Å². The highest BCUT2D eigenvalue weighted by atomic mass is 127. The Kier molecular flexibility index (Phi) is 10.8. The molecular weight excluding hydrogens is 479 g/mol. The Labute approximate surface area is 191 Å². The number of benzene rings is 1. The van der Waals surface area contributed by atoms with Gasteiger partial charge < -0.3 is 25.1 Å². The summed E-state index contributed by atoms with van der Waals surface area (Å²) < 4.78 is 11.3. The minimum atomic E-state index is 0. The highest BCUT2D eigenvalue weighted by molar-refractivity contribution is 14.0. The third-order valence-corrected chi connectivity index (χ3v) is 5.12. The first-order valence-corrected chi connectivity index (χ1v) is 10.5. The Balaban J connectivity index is 0.00000300. The van der Waals surface area contributed by atoms with Gasteiger partial charge in [0.1, 0.15) is 0 Å². The van der Waals surface area contributed by atoms with E-state index in [0.29, 0.717) is 6.10 Å². The average Bonchev–Trinajstić information content (AvgIpc) is 3.13. The van der Waals surface area contributed by atoms with E-state index in [2.05, 4.69) is 58.9 Å². The number of aromatic amines is 1. The lowest BCUT2D eigenvalue weighted by Crippen LogP contribution is -2.38. The number of nitrogens with zero attached hydrogens (tertiary/aromatic N) is 1.